The summed E-state index contributed by atoms with van der Waals surface area (Å²) in [6.07, 6.45) is 1.56. The lowest BCUT2D eigenvalue weighted by molar-refractivity contribution is 1.40. The molecule has 0 aliphatic rings. The van der Waals surface area contributed by atoms with Crippen LogP contribution in [0.1, 0.15) is 5.56 Å². The van der Waals surface area contributed by atoms with E-state index in [2.05, 4.69) is 4.98 Å². The van der Waals surface area contributed by atoms with Gasteiger partial charge in [-0.15, -0.1) is 0 Å². The number of nitrogens with zero attached hydrogens (tertiary/aromatic N) is 1. The third-order valence-electron chi connectivity index (χ3n) is 0.777. The van der Waals surface area contributed by atoms with Gasteiger partial charge in [-0.05, 0) is 6.07 Å². The molecular formula is C5H3ClN2. The molecule has 0 atom stereocenters. The Bertz CT molecular complexity index is 221. The molecule has 2 nitrogen and oxygen atoms in total. The number of rotatable bonds is 0. The van der Waals surface area contributed by atoms with Crippen molar-refractivity contribution in [1.82, 2.24) is 4.98 Å². The van der Waals surface area contributed by atoms with Crippen molar-refractivity contribution in [3.63, 3.8) is 0 Å². The van der Waals surface area contributed by atoms with E-state index in [1.165, 1.54) is 0 Å². The second-order valence-electron chi connectivity index (χ2n) is 1.35. The van der Waals surface area contributed by atoms with Gasteiger partial charge in [0.15, 0.2) is 0 Å². The van der Waals surface area contributed by atoms with Crippen molar-refractivity contribution in [2.24, 2.45) is 0 Å². The summed E-state index contributed by atoms with van der Waals surface area (Å²) in [5.74, 6) is 0. The summed E-state index contributed by atoms with van der Waals surface area (Å²) in [5.41, 5.74) is 0.565. The SMILES string of the molecule is N#Cc1c[nH]c(Cl)c1. The first-order valence-corrected chi connectivity index (χ1v) is 2.45. The molecule has 0 saturated heterocycles. The van der Waals surface area contributed by atoms with Gasteiger partial charge in [-0.3, -0.25) is 0 Å². The molecule has 1 rings (SSSR count). The molecule has 3 heteroatoms. The molecule has 0 spiro atoms. The van der Waals surface area contributed by atoms with Crippen molar-refractivity contribution in [1.29, 1.82) is 5.26 Å². The highest BCUT2D eigenvalue weighted by molar-refractivity contribution is 6.29. The van der Waals surface area contributed by atoms with Gasteiger partial charge < -0.3 is 4.98 Å². The molecule has 0 aromatic carbocycles. The molecule has 1 aromatic rings. The Morgan fingerprint density at radius 3 is 2.75 bits per heavy atom. The Labute approximate surface area is 51.7 Å². The number of aromatic nitrogens is 1. The van der Waals surface area contributed by atoms with Crippen LogP contribution in [0.4, 0.5) is 0 Å². The normalized spacial score (nSPS) is 8.50. The summed E-state index contributed by atoms with van der Waals surface area (Å²) in [7, 11) is 0. The predicted octanol–water partition coefficient (Wildman–Crippen LogP) is 1.54. The smallest absolute Gasteiger partial charge is 0.107 e. The van der Waals surface area contributed by atoms with Crippen LogP contribution in [0.15, 0.2) is 12.3 Å². The van der Waals surface area contributed by atoms with Gasteiger partial charge in [-0.1, -0.05) is 11.6 Å². The molecule has 8 heavy (non-hydrogen) atoms. The summed E-state index contributed by atoms with van der Waals surface area (Å²) in [6, 6.07) is 3.50. The molecule has 1 aromatic heterocycles. The summed E-state index contributed by atoms with van der Waals surface area (Å²) in [5, 5.41) is 8.72. The van der Waals surface area contributed by atoms with Crippen LogP contribution in [0.2, 0.25) is 5.15 Å². The lowest BCUT2D eigenvalue weighted by atomic mass is 10.4. The van der Waals surface area contributed by atoms with E-state index in [0.29, 0.717) is 10.7 Å². The Kier molecular flexibility index (Phi) is 1.23. The molecule has 0 bridgehead atoms. The molecule has 0 aliphatic heterocycles. The first-order chi connectivity index (χ1) is 3.83. The molecule has 0 radical (unpaired) electrons. The van der Waals surface area contributed by atoms with Gasteiger partial charge in [-0.25, -0.2) is 0 Å². The topological polar surface area (TPSA) is 39.6 Å². The van der Waals surface area contributed by atoms with Gasteiger partial charge in [0.1, 0.15) is 11.2 Å². The number of aromatic amines is 1. The first-order valence-electron chi connectivity index (χ1n) is 2.07. The van der Waals surface area contributed by atoms with Gasteiger partial charge >= 0.3 is 0 Å². The highest BCUT2D eigenvalue weighted by Gasteiger charge is 1.90. The lowest BCUT2D eigenvalue weighted by Gasteiger charge is -1.66. The van der Waals surface area contributed by atoms with Crippen LogP contribution in [0.3, 0.4) is 0 Å². The van der Waals surface area contributed by atoms with Crippen LogP contribution in [0.25, 0.3) is 0 Å². The van der Waals surface area contributed by atoms with Gasteiger partial charge in [0, 0.05) is 6.20 Å². The minimum absolute atomic E-state index is 0.501. The van der Waals surface area contributed by atoms with E-state index < -0.39 is 0 Å². The Morgan fingerprint density at radius 1 is 1.75 bits per heavy atom. The van der Waals surface area contributed by atoms with Crippen molar-refractivity contribution in [3.05, 3.63) is 23.0 Å². The van der Waals surface area contributed by atoms with Crippen LogP contribution in [-0.4, -0.2) is 4.98 Å². The molecule has 0 amide bonds. The quantitative estimate of drug-likeness (QED) is 0.563. The zero-order valence-electron chi connectivity index (χ0n) is 3.98. The average molecular weight is 127 g/mol. The summed E-state index contributed by atoms with van der Waals surface area (Å²) >= 11 is 5.43. The number of nitriles is 1. The number of hydrogen-bond acceptors (Lipinski definition) is 1. The predicted molar refractivity (Wildman–Crippen MR) is 30.5 cm³/mol. The maximum absolute atomic E-state index is 8.22. The van der Waals surface area contributed by atoms with Crippen LogP contribution in [0.5, 0.6) is 0 Å². The molecule has 0 fully saturated rings. The molecular weight excluding hydrogens is 124 g/mol. The zero-order valence-corrected chi connectivity index (χ0v) is 4.74. The number of hydrogen-bond donors (Lipinski definition) is 1. The standard InChI is InChI=1S/C5H3ClN2/c6-5-1-4(2-7)3-8-5/h1,3,8H. The Morgan fingerprint density at radius 2 is 2.50 bits per heavy atom. The number of nitrogens with one attached hydrogen (secondary N) is 1. The van der Waals surface area contributed by atoms with E-state index in [4.69, 9.17) is 16.9 Å². The van der Waals surface area contributed by atoms with Crippen molar-refractivity contribution in [2.75, 3.05) is 0 Å². The van der Waals surface area contributed by atoms with Crippen molar-refractivity contribution >= 4 is 11.6 Å². The van der Waals surface area contributed by atoms with E-state index >= 15 is 0 Å². The molecule has 0 saturated carbocycles. The molecule has 1 N–H and O–H groups in total. The average Bonchev–Trinajstić information content (AvgIpc) is 2.14. The molecule has 1 heterocycles. The minimum atomic E-state index is 0.501. The van der Waals surface area contributed by atoms with Gasteiger partial charge in [0.25, 0.3) is 0 Å². The number of halogens is 1. The Balaban J connectivity index is 3.05. The van der Waals surface area contributed by atoms with Crippen molar-refractivity contribution < 1.29 is 0 Å². The van der Waals surface area contributed by atoms with E-state index in [1.54, 1.807) is 12.3 Å². The first kappa shape index (κ1) is 5.20. The van der Waals surface area contributed by atoms with Gasteiger partial charge in [0.05, 0.1) is 5.56 Å². The minimum Gasteiger partial charge on any atom is -0.351 e. The van der Waals surface area contributed by atoms with E-state index in [0.717, 1.165) is 0 Å². The maximum Gasteiger partial charge on any atom is 0.107 e. The summed E-state index contributed by atoms with van der Waals surface area (Å²) in [6.45, 7) is 0. The fourth-order valence-electron chi connectivity index (χ4n) is 0.431. The van der Waals surface area contributed by atoms with Crippen LogP contribution in [-0.2, 0) is 0 Å². The van der Waals surface area contributed by atoms with Crippen molar-refractivity contribution in [3.8, 4) is 6.07 Å². The lowest BCUT2D eigenvalue weighted by Crippen LogP contribution is -1.56. The highest BCUT2D eigenvalue weighted by Crippen LogP contribution is 2.06. The largest absolute Gasteiger partial charge is 0.351 e. The van der Waals surface area contributed by atoms with E-state index in [9.17, 15) is 0 Å². The second-order valence-corrected chi connectivity index (χ2v) is 1.76. The number of H-pyrrole nitrogens is 1. The van der Waals surface area contributed by atoms with E-state index in [-0.39, 0.29) is 0 Å². The second kappa shape index (κ2) is 1.89. The van der Waals surface area contributed by atoms with Crippen LogP contribution >= 0.6 is 11.6 Å². The maximum atomic E-state index is 8.22. The van der Waals surface area contributed by atoms with Gasteiger partial charge in [0.2, 0.25) is 0 Å². The van der Waals surface area contributed by atoms with Crippen molar-refractivity contribution in [2.45, 2.75) is 0 Å². The molecule has 0 unspecified atom stereocenters. The van der Waals surface area contributed by atoms with Crippen LogP contribution in [0, 0.1) is 11.3 Å². The third-order valence-corrected chi connectivity index (χ3v) is 0.995. The molecule has 40 valence electrons. The van der Waals surface area contributed by atoms with E-state index in [1.807, 2.05) is 6.07 Å². The molecule has 0 aliphatic carbocycles. The Hall–Kier alpha value is -0.940. The van der Waals surface area contributed by atoms with Gasteiger partial charge in [-0.2, -0.15) is 5.26 Å². The highest BCUT2D eigenvalue weighted by atomic mass is 35.5. The monoisotopic (exact) mass is 126 g/mol. The third kappa shape index (κ3) is 0.824. The fraction of sp³-hybridized carbons (Fsp3) is 0. The zero-order chi connectivity index (χ0) is 5.98. The van der Waals surface area contributed by atoms with Crippen LogP contribution < -0.4 is 0 Å². The summed E-state index contributed by atoms with van der Waals surface area (Å²) in [4.78, 5) is 2.66. The summed E-state index contributed by atoms with van der Waals surface area (Å²) < 4.78 is 0. The fourth-order valence-corrected chi connectivity index (χ4v) is 0.603.